The summed E-state index contributed by atoms with van der Waals surface area (Å²) in [4.78, 5) is 5.61. The van der Waals surface area contributed by atoms with Gasteiger partial charge in [-0.1, -0.05) is 29.8 Å². The Balaban J connectivity index is 2.01. The predicted molar refractivity (Wildman–Crippen MR) is 81.0 cm³/mol. The zero-order valence-electron chi connectivity index (χ0n) is 9.88. The van der Waals surface area contributed by atoms with E-state index in [2.05, 4.69) is 35.3 Å². The molecule has 3 heterocycles. The normalized spacial score (nSPS) is 11.4. The lowest BCUT2D eigenvalue weighted by atomic mass is 10.2. The third-order valence-electron chi connectivity index (χ3n) is 3.17. The van der Waals surface area contributed by atoms with E-state index in [1.54, 1.807) is 11.3 Å². The maximum absolute atomic E-state index is 6.16. The minimum absolute atomic E-state index is 0.676. The molecule has 0 saturated heterocycles. The van der Waals surface area contributed by atoms with Gasteiger partial charge < -0.3 is 0 Å². The van der Waals surface area contributed by atoms with Gasteiger partial charge in [0.05, 0.1) is 21.8 Å². The Labute approximate surface area is 118 Å². The van der Waals surface area contributed by atoms with Crippen LogP contribution in [-0.2, 0) is 0 Å². The highest BCUT2D eigenvalue weighted by Crippen LogP contribution is 2.34. The number of nitrogens with zero attached hydrogens (tertiary/aromatic N) is 2. The second-order valence-electron chi connectivity index (χ2n) is 4.34. The molecule has 0 atom stereocenters. The Bertz CT molecular complexity index is 858. The Kier molecular flexibility index (Phi) is 2.37. The molecule has 4 aromatic rings. The first-order valence-corrected chi connectivity index (χ1v) is 7.13. The second kappa shape index (κ2) is 4.08. The molecule has 0 saturated carbocycles. The summed E-state index contributed by atoms with van der Waals surface area (Å²) >= 11 is 7.93. The number of thiophene rings is 1. The Morgan fingerprint density at radius 2 is 2.00 bits per heavy atom. The van der Waals surface area contributed by atoms with Gasteiger partial charge in [-0.05, 0) is 29.7 Å². The molecular formula is C15H9ClN2S. The minimum Gasteiger partial charge on any atom is -0.298 e. The fraction of sp³-hybridized carbons (Fsp3) is 0. The molecule has 19 heavy (non-hydrogen) atoms. The number of hydrogen-bond donors (Lipinski definition) is 0. The van der Waals surface area contributed by atoms with E-state index in [0.29, 0.717) is 5.02 Å². The molecule has 0 amide bonds. The molecule has 0 aliphatic carbocycles. The van der Waals surface area contributed by atoms with Crippen LogP contribution in [0.1, 0.15) is 0 Å². The van der Waals surface area contributed by atoms with E-state index in [9.17, 15) is 0 Å². The van der Waals surface area contributed by atoms with Crippen LogP contribution in [0.5, 0.6) is 0 Å². The molecule has 0 unspecified atom stereocenters. The maximum Gasteiger partial charge on any atom is 0.156 e. The number of rotatable bonds is 1. The molecule has 92 valence electrons. The Morgan fingerprint density at radius 1 is 1.11 bits per heavy atom. The Hall–Kier alpha value is -1.84. The molecule has 0 aliphatic rings. The highest BCUT2D eigenvalue weighted by Gasteiger charge is 2.10. The number of benzene rings is 1. The summed E-state index contributed by atoms with van der Waals surface area (Å²) in [5.41, 5.74) is 1.88. The molecule has 1 aromatic carbocycles. The lowest BCUT2D eigenvalue weighted by molar-refractivity contribution is 1.20. The zero-order chi connectivity index (χ0) is 12.8. The zero-order valence-corrected chi connectivity index (χ0v) is 11.4. The van der Waals surface area contributed by atoms with Crippen LogP contribution in [0, 0.1) is 0 Å². The molecule has 0 aliphatic heterocycles. The standard InChI is InChI=1S/C15H9ClN2S/c16-11-5-3-7-18-12(9-17-15(11)18)14-8-10-4-1-2-6-13(10)19-14/h1-9H. The smallest absolute Gasteiger partial charge is 0.156 e. The summed E-state index contributed by atoms with van der Waals surface area (Å²) in [6.45, 7) is 0. The van der Waals surface area contributed by atoms with Gasteiger partial charge >= 0.3 is 0 Å². The topological polar surface area (TPSA) is 17.3 Å². The van der Waals surface area contributed by atoms with Crippen molar-refractivity contribution in [1.29, 1.82) is 0 Å². The van der Waals surface area contributed by atoms with E-state index in [1.165, 1.54) is 15.0 Å². The number of fused-ring (bicyclic) bond motifs is 2. The molecule has 0 bridgehead atoms. The van der Waals surface area contributed by atoms with E-state index in [4.69, 9.17) is 11.6 Å². The molecule has 4 rings (SSSR count). The number of hydrogen-bond acceptors (Lipinski definition) is 2. The van der Waals surface area contributed by atoms with Crippen molar-refractivity contribution in [1.82, 2.24) is 9.38 Å². The fourth-order valence-corrected chi connectivity index (χ4v) is 3.55. The van der Waals surface area contributed by atoms with E-state index in [-0.39, 0.29) is 0 Å². The lowest BCUT2D eigenvalue weighted by Crippen LogP contribution is -1.85. The number of aromatic nitrogens is 2. The van der Waals surface area contributed by atoms with Crippen LogP contribution < -0.4 is 0 Å². The number of halogens is 1. The van der Waals surface area contributed by atoms with Crippen LogP contribution in [0.2, 0.25) is 5.02 Å². The number of imidazole rings is 1. The average molecular weight is 285 g/mol. The van der Waals surface area contributed by atoms with Crippen LogP contribution in [0.15, 0.2) is 54.9 Å². The number of pyridine rings is 1. The van der Waals surface area contributed by atoms with Crippen molar-refractivity contribution in [2.45, 2.75) is 0 Å². The van der Waals surface area contributed by atoms with Crippen molar-refractivity contribution in [2.24, 2.45) is 0 Å². The molecule has 0 spiro atoms. The second-order valence-corrected chi connectivity index (χ2v) is 5.83. The summed E-state index contributed by atoms with van der Waals surface area (Å²) in [6.07, 6.45) is 3.87. The van der Waals surface area contributed by atoms with Crippen LogP contribution in [0.4, 0.5) is 0 Å². The van der Waals surface area contributed by atoms with E-state index in [0.717, 1.165) is 11.3 Å². The SMILES string of the molecule is Clc1cccn2c(-c3cc4ccccc4s3)cnc12. The highest BCUT2D eigenvalue weighted by atomic mass is 35.5. The fourth-order valence-electron chi connectivity index (χ4n) is 2.27. The molecule has 0 fully saturated rings. The molecular weight excluding hydrogens is 276 g/mol. The summed E-state index contributed by atoms with van der Waals surface area (Å²) in [7, 11) is 0. The van der Waals surface area contributed by atoms with Crippen molar-refractivity contribution in [3.05, 3.63) is 59.9 Å². The first-order chi connectivity index (χ1) is 9.33. The molecule has 2 nitrogen and oxygen atoms in total. The van der Waals surface area contributed by atoms with Crippen molar-refractivity contribution < 1.29 is 0 Å². The van der Waals surface area contributed by atoms with Crippen molar-refractivity contribution >= 4 is 38.7 Å². The summed E-state index contributed by atoms with van der Waals surface area (Å²) < 4.78 is 3.32. The maximum atomic E-state index is 6.16. The van der Waals surface area contributed by atoms with Gasteiger partial charge in [0.1, 0.15) is 0 Å². The van der Waals surface area contributed by atoms with E-state index < -0.39 is 0 Å². The molecule has 0 radical (unpaired) electrons. The summed E-state index contributed by atoms with van der Waals surface area (Å²) in [5.74, 6) is 0. The van der Waals surface area contributed by atoms with Crippen LogP contribution in [0.25, 0.3) is 26.3 Å². The Morgan fingerprint density at radius 3 is 2.89 bits per heavy atom. The minimum atomic E-state index is 0.676. The van der Waals surface area contributed by atoms with Gasteiger partial charge in [0.25, 0.3) is 0 Å². The van der Waals surface area contributed by atoms with Crippen LogP contribution in [0.3, 0.4) is 0 Å². The lowest BCUT2D eigenvalue weighted by Gasteiger charge is -1.99. The van der Waals surface area contributed by atoms with Gasteiger partial charge in [-0.25, -0.2) is 4.98 Å². The first-order valence-electron chi connectivity index (χ1n) is 5.93. The summed E-state index contributed by atoms with van der Waals surface area (Å²) in [6, 6.07) is 14.4. The van der Waals surface area contributed by atoms with Crippen molar-refractivity contribution in [2.75, 3.05) is 0 Å². The van der Waals surface area contributed by atoms with Crippen LogP contribution in [-0.4, -0.2) is 9.38 Å². The van der Waals surface area contributed by atoms with Gasteiger partial charge in [-0.15, -0.1) is 11.3 Å². The molecule has 3 aromatic heterocycles. The van der Waals surface area contributed by atoms with Gasteiger partial charge in [-0.2, -0.15) is 0 Å². The van der Waals surface area contributed by atoms with Gasteiger partial charge in [-0.3, -0.25) is 4.40 Å². The third-order valence-corrected chi connectivity index (χ3v) is 4.60. The van der Waals surface area contributed by atoms with Gasteiger partial charge in [0.15, 0.2) is 5.65 Å². The molecule has 4 heteroatoms. The largest absolute Gasteiger partial charge is 0.298 e. The quantitative estimate of drug-likeness (QED) is 0.487. The van der Waals surface area contributed by atoms with Gasteiger partial charge in [0.2, 0.25) is 0 Å². The molecule has 0 N–H and O–H groups in total. The van der Waals surface area contributed by atoms with Crippen molar-refractivity contribution in [3.63, 3.8) is 0 Å². The predicted octanol–water partition coefficient (Wildman–Crippen LogP) is 4.87. The third kappa shape index (κ3) is 1.66. The monoisotopic (exact) mass is 284 g/mol. The average Bonchev–Trinajstić information content (AvgIpc) is 3.02. The van der Waals surface area contributed by atoms with Gasteiger partial charge in [0, 0.05) is 10.9 Å². The highest BCUT2D eigenvalue weighted by molar-refractivity contribution is 7.22. The van der Waals surface area contributed by atoms with E-state index >= 15 is 0 Å². The van der Waals surface area contributed by atoms with Crippen molar-refractivity contribution in [3.8, 4) is 10.6 Å². The summed E-state index contributed by atoms with van der Waals surface area (Å²) in [5, 5.41) is 1.94. The van der Waals surface area contributed by atoms with E-state index in [1.807, 2.05) is 28.9 Å². The van der Waals surface area contributed by atoms with Crippen LogP contribution >= 0.6 is 22.9 Å². The first kappa shape index (κ1) is 11.0.